The molecule has 1 aliphatic rings. The minimum atomic E-state index is -0.431. The molecule has 1 fully saturated rings. The van der Waals surface area contributed by atoms with Crippen LogP contribution in [-0.2, 0) is 16.0 Å². The van der Waals surface area contributed by atoms with E-state index >= 15 is 0 Å². The average molecular weight is 506 g/mol. The lowest BCUT2D eigenvalue weighted by molar-refractivity contribution is -0.120. The van der Waals surface area contributed by atoms with Crippen LogP contribution >= 0.6 is 0 Å². The lowest BCUT2D eigenvalue weighted by atomic mass is 9.98. The second-order valence-corrected chi connectivity index (χ2v) is 9.75. The molecule has 0 bridgehead atoms. The standard InChI is InChI=1S/C30H36FN3O3/c1-22(23(2)35)7-5-3-4-6-8-24-17-27(21-32-19-24)37-29-11-9-25(18-28(29)31)26-10-12-30(33-20-26)34-13-15-36-16-14-34/h9-12,17-22H,3-8,13-16H2,1-2H3. The molecule has 0 amide bonds. The Morgan fingerprint density at radius 3 is 2.54 bits per heavy atom. The summed E-state index contributed by atoms with van der Waals surface area (Å²) in [5.74, 6) is 1.59. The Bertz CT molecular complexity index is 1160. The third-order valence-electron chi connectivity index (χ3n) is 6.89. The van der Waals surface area contributed by atoms with E-state index in [-0.39, 0.29) is 17.5 Å². The zero-order chi connectivity index (χ0) is 26.0. The first kappa shape index (κ1) is 26.7. The van der Waals surface area contributed by atoms with Gasteiger partial charge in [0.2, 0.25) is 0 Å². The van der Waals surface area contributed by atoms with Crippen LogP contribution < -0.4 is 9.64 Å². The molecule has 1 aliphatic heterocycles. The second-order valence-electron chi connectivity index (χ2n) is 9.75. The van der Waals surface area contributed by atoms with Gasteiger partial charge in [0.15, 0.2) is 11.6 Å². The quantitative estimate of drug-likeness (QED) is 0.258. The van der Waals surface area contributed by atoms with Crippen LogP contribution in [0.4, 0.5) is 10.2 Å². The van der Waals surface area contributed by atoms with Crippen LogP contribution in [0.1, 0.15) is 51.5 Å². The van der Waals surface area contributed by atoms with Crippen molar-refractivity contribution in [1.29, 1.82) is 0 Å². The molecule has 1 saturated heterocycles. The van der Waals surface area contributed by atoms with Gasteiger partial charge in [-0.3, -0.25) is 9.78 Å². The number of hydrogen-bond donors (Lipinski definition) is 0. The fourth-order valence-electron chi connectivity index (χ4n) is 4.42. The summed E-state index contributed by atoms with van der Waals surface area (Å²) >= 11 is 0. The summed E-state index contributed by atoms with van der Waals surface area (Å²) < 4.78 is 26.1. The molecule has 0 N–H and O–H groups in total. The van der Waals surface area contributed by atoms with Crippen molar-refractivity contribution in [1.82, 2.24) is 9.97 Å². The number of anilines is 1. The fraction of sp³-hybridized carbons (Fsp3) is 0.433. The maximum atomic E-state index is 14.9. The van der Waals surface area contributed by atoms with Crippen molar-refractivity contribution in [3.63, 3.8) is 0 Å². The number of carbonyl (C=O) groups is 1. The highest BCUT2D eigenvalue weighted by atomic mass is 19.1. The molecule has 196 valence electrons. The van der Waals surface area contributed by atoms with Gasteiger partial charge in [0, 0.05) is 37.0 Å². The smallest absolute Gasteiger partial charge is 0.166 e. The molecule has 0 spiro atoms. The van der Waals surface area contributed by atoms with Crippen LogP contribution in [0.5, 0.6) is 11.5 Å². The predicted molar refractivity (Wildman–Crippen MR) is 144 cm³/mol. The Hall–Kier alpha value is -3.32. The summed E-state index contributed by atoms with van der Waals surface area (Å²) in [5, 5.41) is 0. The number of nitrogens with zero attached hydrogens (tertiary/aromatic N) is 3. The van der Waals surface area contributed by atoms with Crippen LogP contribution in [0.15, 0.2) is 55.0 Å². The van der Waals surface area contributed by atoms with Gasteiger partial charge in [-0.05, 0) is 67.6 Å². The summed E-state index contributed by atoms with van der Waals surface area (Å²) in [7, 11) is 0. The van der Waals surface area contributed by atoms with Gasteiger partial charge in [-0.25, -0.2) is 9.37 Å². The molecule has 3 heterocycles. The molecule has 7 heteroatoms. The molecule has 37 heavy (non-hydrogen) atoms. The van der Waals surface area contributed by atoms with Crippen LogP contribution in [0.25, 0.3) is 11.1 Å². The van der Waals surface area contributed by atoms with Gasteiger partial charge in [-0.15, -0.1) is 0 Å². The topological polar surface area (TPSA) is 64.5 Å². The highest BCUT2D eigenvalue weighted by Gasteiger charge is 2.13. The molecule has 3 aromatic rings. The van der Waals surface area contributed by atoms with E-state index in [1.807, 2.05) is 37.4 Å². The number of benzene rings is 1. The number of pyridine rings is 2. The third kappa shape index (κ3) is 7.83. The molecule has 1 unspecified atom stereocenters. The molecule has 2 aromatic heterocycles. The Balaban J connectivity index is 1.29. The largest absolute Gasteiger partial charge is 0.453 e. The zero-order valence-electron chi connectivity index (χ0n) is 21.8. The minimum Gasteiger partial charge on any atom is -0.453 e. The van der Waals surface area contributed by atoms with Crippen LogP contribution in [0, 0.1) is 11.7 Å². The average Bonchev–Trinajstić information content (AvgIpc) is 2.92. The van der Waals surface area contributed by atoms with Gasteiger partial charge in [0.25, 0.3) is 0 Å². The first-order chi connectivity index (χ1) is 18.0. The molecule has 1 atom stereocenters. The Labute approximate surface area is 218 Å². The van der Waals surface area contributed by atoms with E-state index in [1.54, 1.807) is 25.4 Å². The summed E-state index contributed by atoms with van der Waals surface area (Å²) in [4.78, 5) is 22.3. The van der Waals surface area contributed by atoms with Crippen LogP contribution in [-0.4, -0.2) is 42.1 Å². The van der Waals surface area contributed by atoms with Crippen LogP contribution in [0.3, 0.4) is 0 Å². The predicted octanol–water partition coefficient (Wildman–Crippen LogP) is 6.63. The highest BCUT2D eigenvalue weighted by molar-refractivity contribution is 5.77. The fourth-order valence-corrected chi connectivity index (χ4v) is 4.42. The molecule has 6 nitrogen and oxygen atoms in total. The number of ether oxygens (including phenoxy) is 2. The summed E-state index contributed by atoms with van der Waals surface area (Å²) in [6, 6.07) is 10.8. The zero-order valence-corrected chi connectivity index (χ0v) is 21.8. The lowest BCUT2D eigenvalue weighted by Crippen LogP contribution is -2.36. The minimum absolute atomic E-state index is 0.157. The van der Waals surface area contributed by atoms with Gasteiger partial charge in [-0.1, -0.05) is 32.3 Å². The van der Waals surface area contributed by atoms with E-state index in [1.165, 1.54) is 6.07 Å². The number of unbranched alkanes of at least 4 members (excludes halogenated alkanes) is 3. The normalized spacial score (nSPS) is 14.4. The molecule has 4 rings (SSSR count). The van der Waals surface area contributed by atoms with Gasteiger partial charge < -0.3 is 14.4 Å². The van der Waals surface area contributed by atoms with E-state index in [9.17, 15) is 9.18 Å². The Morgan fingerprint density at radius 1 is 1.03 bits per heavy atom. The van der Waals surface area contributed by atoms with Crippen molar-refractivity contribution < 1.29 is 18.7 Å². The number of hydrogen-bond acceptors (Lipinski definition) is 6. The molecular formula is C30H36FN3O3. The van der Waals surface area contributed by atoms with Crippen molar-refractivity contribution in [2.24, 2.45) is 5.92 Å². The number of morpholine rings is 1. The number of ketones is 1. The first-order valence-corrected chi connectivity index (χ1v) is 13.2. The number of Topliss-reactive ketones (excluding diaryl/α,β-unsaturated/α-hetero) is 1. The number of carbonyl (C=O) groups excluding carboxylic acids is 1. The summed E-state index contributed by atoms with van der Waals surface area (Å²) in [5.41, 5.74) is 2.66. The molecule has 1 aromatic carbocycles. The number of aryl methyl sites for hydroxylation is 1. The van der Waals surface area contributed by atoms with Gasteiger partial charge >= 0.3 is 0 Å². The maximum Gasteiger partial charge on any atom is 0.166 e. The maximum absolute atomic E-state index is 14.9. The third-order valence-corrected chi connectivity index (χ3v) is 6.89. The Morgan fingerprint density at radius 2 is 1.81 bits per heavy atom. The van der Waals surface area contributed by atoms with E-state index in [2.05, 4.69) is 14.9 Å². The van der Waals surface area contributed by atoms with Crippen molar-refractivity contribution >= 4 is 11.6 Å². The molecule has 0 saturated carbocycles. The van der Waals surface area contributed by atoms with Crippen molar-refractivity contribution in [3.8, 4) is 22.6 Å². The first-order valence-electron chi connectivity index (χ1n) is 13.2. The monoisotopic (exact) mass is 505 g/mol. The van der Waals surface area contributed by atoms with Gasteiger partial charge in [0.1, 0.15) is 17.4 Å². The number of rotatable bonds is 12. The SMILES string of the molecule is CC(=O)C(C)CCCCCCc1cncc(Oc2ccc(-c3ccc(N4CCOCC4)nc3)cc2F)c1. The van der Waals surface area contributed by atoms with Crippen LogP contribution in [0.2, 0.25) is 0 Å². The van der Waals surface area contributed by atoms with Gasteiger partial charge in [-0.2, -0.15) is 0 Å². The molecule has 0 radical (unpaired) electrons. The summed E-state index contributed by atoms with van der Waals surface area (Å²) in [6.07, 6.45) is 11.4. The van der Waals surface area contributed by atoms with E-state index < -0.39 is 5.82 Å². The van der Waals surface area contributed by atoms with Crippen molar-refractivity contribution in [2.45, 2.75) is 52.4 Å². The molecule has 0 aliphatic carbocycles. The van der Waals surface area contributed by atoms with Crippen molar-refractivity contribution in [3.05, 3.63) is 66.4 Å². The van der Waals surface area contributed by atoms with E-state index in [0.29, 0.717) is 19.0 Å². The number of aromatic nitrogens is 2. The highest BCUT2D eigenvalue weighted by Crippen LogP contribution is 2.30. The molecular weight excluding hydrogens is 469 g/mol. The van der Waals surface area contributed by atoms with E-state index in [4.69, 9.17) is 9.47 Å². The lowest BCUT2D eigenvalue weighted by Gasteiger charge is -2.27. The van der Waals surface area contributed by atoms with Gasteiger partial charge in [0.05, 0.1) is 19.4 Å². The second kappa shape index (κ2) is 13.3. The summed E-state index contributed by atoms with van der Waals surface area (Å²) in [6.45, 7) is 6.72. The van der Waals surface area contributed by atoms with E-state index in [0.717, 1.165) is 74.1 Å². The van der Waals surface area contributed by atoms with Crippen molar-refractivity contribution in [2.75, 3.05) is 31.2 Å². The Kier molecular flexibility index (Phi) is 9.60. The number of halogens is 1.